The second-order valence-corrected chi connectivity index (χ2v) is 4.04. The van der Waals surface area contributed by atoms with Gasteiger partial charge in [-0.15, -0.1) is 0 Å². The zero-order valence-electron chi connectivity index (χ0n) is 7.99. The maximum Gasteiger partial charge on any atom is 0.173 e. The van der Waals surface area contributed by atoms with Crippen LogP contribution in [0.4, 0.5) is 5.82 Å². The molecule has 4 nitrogen and oxygen atoms in total. The number of aromatic nitrogens is 1. The summed E-state index contributed by atoms with van der Waals surface area (Å²) in [6.07, 6.45) is 0. The van der Waals surface area contributed by atoms with Crippen molar-refractivity contribution in [3.05, 3.63) is 28.2 Å². The van der Waals surface area contributed by atoms with E-state index >= 15 is 0 Å². The molecule has 0 saturated carbocycles. The SMILES string of the molecule is Cc1c(Br)ccc(O)c1-c1cc(N)no1. The summed E-state index contributed by atoms with van der Waals surface area (Å²) in [5.74, 6) is 0.902. The third-order valence-electron chi connectivity index (χ3n) is 2.15. The molecule has 0 bridgehead atoms. The fourth-order valence-electron chi connectivity index (χ4n) is 1.39. The number of hydrogen-bond donors (Lipinski definition) is 2. The number of phenolic OH excluding ortho intramolecular Hbond substituents is 1. The number of nitrogens with zero attached hydrogens (tertiary/aromatic N) is 1. The lowest BCUT2D eigenvalue weighted by atomic mass is 10.1. The van der Waals surface area contributed by atoms with Crippen LogP contribution in [0.3, 0.4) is 0 Å². The number of rotatable bonds is 1. The number of hydrogen-bond acceptors (Lipinski definition) is 4. The van der Waals surface area contributed by atoms with Gasteiger partial charge in [-0.1, -0.05) is 21.1 Å². The predicted molar refractivity (Wildman–Crippen MR) is 60.5 cm³/mol. The molecular weight excluding hydrogens is 260 g/mol. The molecule has 0 aliphatic carbocycles. The molecule has 0 amide bonds. The van der Waals surface area contributed by atoms with Crippen molar-refractivity contribution >= 4 is 21.7 Å². The molecule has 0 spiro atoms. The quantitative estimate of drug-likeness (QED) is 0.834. The van der Waals surface area contributed by atoms with Gasteiger partial charge in [-0.3, -0.25) is 0 Å². The number of benzene rings is 1. The van der Waals surface area contributed by atoms with Crippen molar-refractivity contribution in [1.29, 1.82) is 0 Å². The number of nitrogens with two attached hydrogens (primary N) is 1. The van der Waals surface area contributed by atoms with Crippen molar-refractivity contribution in [3.8, 4) is 17.1 Å². The van der Waals surface area contributed by atoms with Gasteiger partial charge in [-0.05, 0) is 24.6 Å². The molecule has 78 valence electrons. The van der Waals surface area contributed by atoms with Gasteiger partial charge in [0, 0.05) is 10.5 Å². The Labute approximate surface area is 94.8 Å². The van der Waals surface area contributed by atoms with E-state index in [-0.39, 0.29) is 5.75 Å². The molecule has 0 atom stereocenters. The summed E-state index contributed by atoms with van der Waals surface area (Å²) in [5, 5.41) is 13.3. The largest absolute Gasteiger partial charge is 0.507 e. The van der Waals surface area contributed by atoms with Crippen LogP contribution in [-0.4, -0.2) is 10.3 Å². The van der Waals surface area contributed by atoms with Crippen LogP contribution in [0.5, 0.6) is 5.75 Å². The summed E-state index contributed by atoms with van der Waals surface area (Å²) in [5.41, 5.74) is 6.94. The third-order valence-corrected chi connectivity index (χ3v) is 3.01. The van der Waals surface area contributed by atoms with Crippen LogP contribution in [0, 0.1) is 6.92 Å². The van der Waals surface area contributed by atoms with Crippen LogP contribution in [-0.2, 0) is 0 Å². The Morgan fingerprint density at radius 2 is 2.20 bits per heavy atom. The first kappa shape index (κ1) is 10.0. The smallest absolute Gasteiger partial charge is 0.173 e. The van der Waals surface area contributed by atoms with Crippen molar-refractivity contribution in [3.63, 3.8) is 0 Å². The lowest BCUT2D eigenvalue weighted by Gasteiger charge is -2.06. The second kappa shape index (κ2) is 3.58. The maximum absolute atomic E-state index is 9.73. The highest BCUT2D eigenvalue weighted by Crippen LogP contribution is 2.36. The molecule has 0 aliphatic heterocycles. The molecule has 5 heteroatoms. The van der Waals surface area contributed by atoms with Gasteiger partial charge in [-0.25, -0.2) is 0 Å². The molecule has 1 heterocycles. The van der Waals surface area contributed by atoms with Gasteiger partial charge in [0.25, 0.3) is 0 Å². The van der Waals surface area contributed by atoms with Crippen molar-refractivity contribution in [2.45, 2.75) is 6.92 Å². The van der Waals surface area contributed by atoms with Crippen LogP contribution in [0.1, 0.15) is 5.56 Å². The van der Waals surface area contributed by atoms with Crippen LogP contribution in [0.2, 0.25) is 0 Å². The summed E-state index contributed by atoms with van der Waals surface area (Å²) in [6, 6.07) is 4.94. The highest BCUT2D eigenvalue weighted by molar-refractivity contribution is 9.10. The lowest BCUT2D eigenvalue weighted by Crippen LogP contribution is -1.84. The molecule has 1 aromatic heterocycles. The molecule has 15 heavy (non-hydrogen) atoms. The number of aromatic hydroxyl groups is 1. The van der Waals surface area contributed by atoms with E-state index in [1.54, 1.807) is 18.2 Å². The van der Waals surface area contributed by atoms with Gasteiger partial charge in [-0.2, -0.15) is 0 Å². The normalized spacial score (nSPS) is 10.5. The summed E-state index contributed by atoms with van der Waals surface area (Å²) >= 11 is 3.38. The van der Waals surface area contributed by atoms with Gasteiger partial charge >= 0.3 is 0 Å². The Bertz CT molecular complexity index is 508. The minimum absolute atomic E-state index is 0.145. The van der Waals surface area contributed by atoms with Gasteiger partial charge in [0.15, 0.2) is 11.6 Å². The minimum atomic E-state index is 0.145. The zero-order chi connectivity index (χ0) is 11.0. The summed E-state index contributed by atoms with van der Waals surface area (Å²) < 4.78 is 5.90. The maximum atomic E-state index is 9.73. The lowest BCUT2D eigenvalue weighted by molar-refractivity contribution is 0.428. The fourth-order valence-corrected chi connectivity index (χ4v) is 1.72. The summed E-state index contributed by atoms with van der Waals surface area (Å²) in [6.45, 7) is 1.87. The van der Waals surface area contributed by atoms with Crippen LogP contribution >= 0.6 is 15.9 Å². The Morgan fingerprint density at radius 1 is 1.47 bits per heavy atom. The summed E-state index contributed by atoms with van der Waals surface area (Å²) in [4.78, 5) is 0. The van der Waals surface area contributed by atoms with E-state index in [1.807, 2.05) is 6.92 Å². The van der Waals surface area contributed by atoms with E-state index in [1.165, 1.54) is 0 Å². The number of halogens is 1. The number of phenols is 1. The van der Waals surface area contributed by atoms with Crippen molar-refractivity contribution in [1.82, 2.24) is 5.16 Å². The highest BCUT2D eigenvalue weighted by atomic mass is 79.9. The van der Waals surface area contributed by atoms with E-state index in [2.05, 4.69) is 21.1 Å². The highest BCUT2D eigenvalue weighted by Gasteiger charge is 2.14. The molecule has 0 saturated heterocycles. The topological polar surface area (TPSA) is 72.3 Å². The van der Waals surface area contributed by atoms with Gasteiger partial charge < -0.3 is 15.4 Å². The third kappa shape index (κ3) is 1.70. The first-order valence-corrected chi connectivity index (χ1v) is 5.09. The Hall–Kier alpha value is -1.49. The molecule has 0 aliphatic rings. The average molecular weight is 269 g/mol. The van der Waals surface area contributed by atoms with E-state index in [4.69, 9.17) is 10.3 Å². The van der Waals surface area contributed by atoms with Gasteiger partial charge in [0.05, 0.1) is 5.56 Å². The Kier molecular flexibility index (Phi) is 2.40. The van der Waals surface area contributed by atoms with Crippen molar-refractivity contribution in [2.75, 3.05) is 5.73 Å². The van der Waals surface area contributed by atoms with Crippen LogP contribution < -0.4 is 5.73 Å². The first-order chi connectivity index (χ1) is 7.09. The van der Waals surface area contributed by atoms with Crippen molar-refractivity contribution < 1.29 is 9.63 Å². The van der Waals surface area contributed by atoms with E-state index in [9.17, 15) is 5.11 Å². The minimum Gasteiger partial charge on any atom is -0.507 e. The Morgan fingerprint density at radius 3 is 2.80 bits per heavy atom. The molecular formula is C10H9BrN2O2. The standard InChI is InChI=1S/C10H9BrN2O2/c1-5-6(11)2-3-7(14)10(5)8-4-9(12)13-15-8/h2-4,14H,1H3,(H2,12,13). The number of anilines is 1. The molecule has 2 aromatic rings. The number of nitrogen functional groups attached to an aromatic ring is 1. The van der Waals surface area contributed by atoms with Crippen LogP contribution in [0.25, 0.3) is 11.3 Å². The van der Waals surface area contributed by atoms with Crippen LogP contribution in [0.15, 0.2) is 27.2 Å². The first-order valence-electron chi connectivity index (χ1n) is 4.30. The van der Waals surface area contributed by atoms with E-state index in [0.717, 1.165) is 10.0 Å². The molecule has 0 fully saturated rings. The van der Waals surface area contributed by atoms with E-state index in [0.29, 0.717) is 17.1 Å². The monoisotopic (exact) mass is 268 g/mol. The Balaban J connectivity index is 2.66. The van der Waals surface area contributed by atoms with Crippen molar-refractivity contribution in [2.24, 2.45) is 0 Å². The van der Waals surface area contributed by atoms with Gasteiger partial charge in [0.2, 0.25) is 0 Å². The molecule has 1 aromatic carbocycles. The second-order valence-electron chi connectivity index (χ2n) is 3.18. The molecule has 0 unspecified atom stereocenters. The van der Waals surface area contributed by atoms with E-state index < -0.39 is 0 Å². The molecule has 3 N–H and O–H groups in total. The molecule has 2 rings (SSSR count). The average Bonchev–Trinajstić information content (AvgIpc) is 2.59. The zero-order valence-corrected chi connectivity index (χ0v) is 9.58. The molecule has 0 radical (unpaired) electrons. The summed E-state index contributed by atoms with van der Waals surface area (Å²) in [7, 11) is 0. The fraction of sp³-hybridized carbons (Fsp3) is 0.100. The van der Waals surface area contributed by atoms with Gasteiger partial charge in [0.1, 0.15) is 5.75 Å². The predicted octanol–water partition coefficient (Wildman–Crippen LogP) is 2.70.